The lowest BCUT2D eigenvalue weighted by Gasteiger charge is -2.07. The summed E-state index contributed by atoms with van der Waals surface area (Å²) in [6.07, 6.45) is 0. The van der Waals surface area contributed by atoms with Crippen LogP contribution in [0, 0.1) is 0 Å². The van der Waals surface area contributed by atoms with E-state index in [1.54, 1.807) is 35.8 Å². The van der Waals surface area contributed by atoms with Crippen molar-refractivity contribution in [1.82, 2.24) is 4.57 Å². The molecule has 170 valence electrons. The topological polar surface area (TPSA) is 104 Å². The molecule has 0 bridgehead atoms. The summed E-state index contributed by atoms with van der Waals surface area (Å²) in [6.45, 7) is 5.69. The van der Waals surface area contributed by atoms with Crippen LogP contribution < -0.4 is 9.54 Å². The Balaban J connectivity index is 2.17. The van der Waals surface area contributed by atoms with E-state index in [1.807, 2.05) is 13.0 Å². The van der Waals surface area contributed by atoms with Crippen LogP contribution in [0.5, 0.6) is 5.75 Å². The van der Waals surface area contributed by atoms with Crippen molar-refractivity contribution in [3.63, 3.8) is 0 Å². The number of nitrogens with zero attached hydrogens (tertiary/aromatic N) is 2. The summed E-state index contributed by atoms with van der Waals surface area (Å²) in [4.78, 5) is 29.6. The molecule has 1 aromatic heterocycles. The van der Waals surface area contributed by atoms with Crippen molar-refractivity contribution >= 4 is 43.3 Å². The van der Waals surface area contributed by atoms with Gasteiger partial charge in [-0.3, -0.25) is 9.59 Å². The molecule has 3 aromatic rings. The molecule has 0 aliphatic carbocycles. The number of hydrogen-bond acceptors (Lipinski definition) is 7. The fraction of sp³-hybridized carbons (Fsp3) is 0.318. The first kappa shape index (κ1) is 23.7. The summed E-state index contributed by atoms with van der Waals surface area (Å²) < 4.78 is 37.8. The van der Waals surface area contributed by atoms with E-state index >= 15 is 0 Å². The molecule has 0 radical (unpaired) electrons. The molecule has 0 N–H and O–H groups in total. The molecule has 1 heterocycles. The number of hydrogen-bond donors (Lipinski definition) is 0. The van der Waals surface area contributed by atoms with Crippen molar-refractivity contribution in [2.24, 2.45) is 4.99 Å². The minimum atomic E-state index is -3.61. The van der Waals surface area contributed by atoms with Crippen molar-refractivity contribution in [2.75, 3.05) is 19.0 Å². The maximum absolute atomic E-state index is 13.0. The van der Waals surface area contributed by atoms with Gasteiger partial charge < -0.3 is 14.0 Å². The molecule has 0 saturated heterocycles. The average molecular weight is 477 g/mol. The highest BCUT2D eigenvalue weighted by atomic mass is 32.2. The molecule has 10 heteroatoms. The molecule has 2 aromatic carbocycles. The van der Waals surface area contributed by atoms with Gasteiger partial charge in [0.15, 0.2) is 14.6 Å². The van der Waals surface area contributed by atoms with E-state index in [1.165, 1.54) is 30.4 Å². The molecular weight excluding hydrogens is 452 g/mol. The highest BCUT2D eigenvalue weighted by Crippen LogP contribution is 2.24. The number of thiazole rings is 1. The Labute approximate surface area is 190 Å². The highest BCUT2D eigenvalue weighted by Gasteiger charge is 2.21. The maximum Gasteiger partial charge on any atom is 0.326 e. The van der Waals surface area contributed by atoms with Crippen LogP contribution in [0.25, 0.3) is 10.2 Å². The predicted octanol–water partition coefficient (Wildman–Crippen LogP) is 3.20. The van der Waals surface area contributed by atoms with Crippen LogP contribution in [0.2, 0.25) is 0 Å². The largest absolute Gasteiger partial charge is 0.494 e. The minimum Gasteiger partial charge on any atom is -0.494 e. The SMILES string of the molecule is CCOC(=O)Cn1c(=NC(=O)c2ccccc2S(=O)(=O)CC)sc2cc(OCC)ccc21. The van der Waals surface area contributed by atoms with Gasteiger partial charge in [0.1, 0.15) is 12.3 Å². The van der Waals surface area contributed by atoms with E-state index in [-0.39, 0.29) is 34.2 Å². The van der Waals surface area contributed by atoms with Crippen molar-refractivity contribution < 1.29 is 27.5 Å². The number of amides is 1. The second kappa shape index (κ2) is 10.1. The molecule has 0 aliphatic rings. The molecular formula is C22H24N2O6S2. The van der Waals surface area contributed by atoms with Gasteiger partial charge in [0, 0.05) is 0 Å². The summed E-state index contributed by atoms with van der Waals surface area (Å²) >= 11 is 1.20. The smallest absolute Gasteiger partial charge is 0.326 e. The fourth-order valence-corrected chi connectivity index (χ4v) is 5.24. The van der Waals surface area contributed by atoms with Crippen LogP contribution in [0.4, 0.5) is 0 Å². The molecule has 0 atom stereocenters. The summed E-state index contributed by atoms with van der Waals surface area (Å²) in [5, 5.41) is 0. The number of esters is 1. The zero-order valence-electron chi connectivity index (χ0n) is 18.0. The number of rotatable bonds is 8. The Bertz CT molecular complexity index is 1320. The van der Waals surface area contributed by atoms with Crippen LogP contribution in [0.15, 0.2) is 52.4 Å². The lowest BCUT2D eigenvalue weighted by Crippen LogP contribution is -2.23. The van der Waals surface area contributed by atoms with Crippen molar-refractivity contribution in [1.29, 1.82) is 0 Å². The van der Waals surface area contributed by atoms with E-state index in [0.29, 0.717) is 17.9 Å². The Kier molecular flexibility index (Phi) is 7.47. The maximum atomic E-state index is 13.0. The average Bonchev–Trinajstić information content (AvgIpc) is 3.10. The van der Waals surface area contributed by atoms with Crippen molar-refractivity contribution in [3.05, 3.63) is 52.8 Å². The van der Waals surface area contributed by atoms with E-state index in [9.17, 15) is 18.0 Å². The number of sulfone groups is 1. The summed E-state index contributed by atoms with van der Waals surface area (Å²) in [5.41, 5.74) is 0.678. The number of carbonyl (C=O) groups excluding carboxylic acids is 2. The monoisotopic (exact) mass is 476 g/mol. The van der Waals surface area contributed by atoms with Crippen molar-refractivity contribution in [3.8, 4) is 5.75 Å². The summed E-state index contributed by atoms with van der Waals surface area (Å²) in [5.74, 6) is -0.652. The molecule has 3 rings (SSSR count). The lowest BCUT2D eigenvalue weighted by molar-refractivity contribution is -0.143. The first-order valence-electron chi connectivity index (χ1n) is 10.1. The minimum absolute atomic E-state index is 0.00973. The van der Waals surface area contributed by atoms with E-state index in [0.717, 1.165) is 4.70 Å². The van der Waals surface area contributed by atoms with Gasteiger partial charge in [0.05, 0.1) is 39.6 Å². The van der Waals surface area contributed by atoms with Crippen LogP contribution in [0.1, 0.15) is 31.1 Å². The van der Waals surface area contributed by atoms with E-state index < -0.39 is 21.7 Å². The molecule has 32 heavy (non-hydrogen) atoms. The zero-order chi connectivity index (χ0) is 23.3. The Morgan fingerprint density at radius 2 is 1.81 bits per heavy atom. The number of benzene rings is 2. The van der Waals surface area contributed by atoms with Gasteiger partial charge in [0.2, 0.25) is 0 Å². The molecule has 0 fully saturated rings. The first-order valence-corrected chi connectivity index (χ1v) is 12.6. The lowest BCUT2D eigenvalue weighted by atomic mass is 10.2. The van der Waals surface area contributed by atoms with Gasteiger partial charge in [-0.2, -0.15) is 4.99 Å². The third kappa shape index (κ3) is 5.08. The second-order valence-electron chi connectivity index (χ2n) is 6.65. The third-order valence-corrected chi connectivity index (χ3v) is 7.41. The standard InChI is InChI=1S/C22H24N2O6S2/c1-4-29-15-11-12-17-18(13-15)31-22(24(17)14-20(25)30-5-2)23-21(26)16-9-7-8-10-19(16)32(27,28)6-3/h7-13H,4-6,14H2,1-3H3. The number of fused-ring (bicyclic) bond motifs is 1. The van der Waals surface area contributed by atoms with Crippen molar-refractivity contribution in [2.45, 2.75) is 32.2 Å². The molecule has 0 spiro atoms. The number of ether oxygens (including phenoxy) is 2. The predicted molar refractivity (Wildman–Crippen MR) is 122 cm³/mol. The van der Waals surface area contributed by atoms with Crippen LogP contribution in [-0.4, -0.2) is 43.8 Å². The number of aromatic nitrogens is 1. The Morgan fingerprint density at radius 3 is 2.50 bits per heavy atom. The van der Waals surface area contributed by atoms with Gasteiger partial charge in [-0.25, -0.2) is 8.42 Å². The van der Waals surface area contributed by atoms with Gasteiger partial charge in [-0.1, -0.05) is 30.4 Å². The fourth-order valence-electron chi connectivity index (χ4n) is 3.10. The van der Waals surface area contributed by atoms with Gasteiger partial charge in [0.25, 0.3) is 5.91 Å². The second-order valence-corrected chi connectivity index (χ2v) is 9.91. The molecule has 0 aliphatic heterocycles. The van der Waals surface area contributed by atoms with Crippen LogP contribution in [-0.2, 0) is 25.9 Å². The Hall–Kier alpha value is -2.98. The summed E-state index contributed by atoms with van der Waals surface area (Å²) in [6, 6.07) is 11.4. The normalized spacial score (nSPS) is 12.2. The highest BCUT2D eigenvalue weighted by molar-refractivity contribution is 7.91. The van der Waals surface area contributed by atoms with E-state index in [2.05, 4.69) is 4.99 Å². The van der Waals surface area contributed by atoms with Crippen LogP contribution in [0.3, 0.4) is 0 Å². The van der Waals surface area contributed by atoms with Gasteiger partial charge in [-0.15, -0.1) is 0 Å². The quantitative estimate of drug-likeness (QED) is 0.463. The first-order chi connectivity index (χ1) is 15.3. The number of carbonyl (C=O) groups is 2. The zero-order valence-corrected chi connectivity index (χ0v) is 19.7. The van der Waals surface area contributed by atoms with Gasteiger partial charge in [-0.05, 0) is 44.2 Å². The molecule has 0 saturated carbocycles. The summed E-state index contributed by atoms with van der Waals surface area (Å²) in [7, 11) is -3.61. The molecule has 8 nitrogen and oxygen atoms in total. The van der Waals surface area contributed by atoms with E-state index in [4.69, 9.17) is 9.47 Å². The van der Waals surface area contributed by atoms with Crippen LogP contribution >= 0.6 is 11.3 Å². The Morgan fingerprint density at radius 1 is 1.06 bits per heavy atom. The third-order valence-electron chi connectivity index (χ3n) is 4.59. The molecule has 1 amide bonds. The molecule has 0 unspecified atom stereocenters. The van der Waals surface area contributed by atoms with Gasteiger partial charge >= 0.3 is 5.97 Å².